The molecular weight excluding hydrogens is 370 g/mol. The highest BCUT2D eigenvalue weighted by Gasteiger charge is 2.20. The molecule has 2 aromatic rings. The van der Waals surface area contributed by atoms with E-state index < -0.39 is 11.9 Å². The second kappa shape index (κ2) is 10.0. The van der Waals surface area contributed by atoms with Crippen molar-refractivity contribution in [2.45, 2.75) is 38.5 Å². The number of aliphatic carboxylic acids is 2. The molecule has 7 heteroatoms. The number of benzene rings is 1. The van der Waals surface area contributed by atoms with Crippen LogP contribution in [0.1, 0.15) is 43.4 Å². The van der Waals surface area contributed by atoms with E-state index in [0.29, 0.717) is 0 Å². The Labute approximate surface area is 170 Å². The maximum Gasteiger partial charge on any atom is 0.414 e. The van der Waals surface area contributed by atoms with Crippen molar-refractivity contribution in [2.24, 2.45) is 0 Å². The number of hydrogen-bond donors (Lipinski definition) is 2. The molecule has 0 saturated carbocycles. The molecular formula is C22H27N3O4. The van der Waals surface area contributed by atoms with Crippen LogP contribution in [0.2, 0.25) is 0 Å². The predicted molar refractivity (Wildman–Crippen MR) is 110 cm³/mol. The molecule has 0 radical (unpaired) electrons. The number of allylic oxidation sites excluding steroid dienone is 1. The van der Waals surface area contributed by atoms with E-state index >= 15 is 0 Å². The van der Waals surface area contributed by atoms with Crippen molar-refractivity contribution in [3.05, 3.63) is 53.9 Å². The third-order valence-electron chi connectivity index (χ3n) is 5.30. The number of nitrogens with zero attached hydrogens (tertiary/aromatic N) is 3. The average Bonchev–Trinajstić information content (AvgIpc) is 3.19. The Kier molecular flexibility index (Phi) is 7.19. The highest BCUT2D eigenvalue weighted by atomic mass is 16.4. The fourth-order valence-electron chi connectivity index (χ4n) is 3.85. The summed E-state index contributed by atoms with van der Waals surface area (Å²) in [6.07, 6.45) is 12.2. The lowest BCUT2D eigenvalue weighted by atomic mass is 9.92. The van der Waals surface area contributed by atoms with Crippen LogP contribution in [-0.2, 0) is 16.0 Å². The molecule has 1 saturated heterocycles. The summed E-state index contributed by atoms with van der Waals surface area (Å²) < 4.78 is 2.13. The van der Waals surface area contributed by atoms with Gasteiger partial charge in [-0.15, -0.1) is 0 Å². The van der Waals surface area contributed by atoms with Crippen LogP contribution in [0.4, 0.5) is 0 Å². The molecule has 1 aliphatic heterocycles. The van der Waals surface area contributed by atoms with Gasteiger partial charge in [0.05, 0.1) is 17.6 Å². The SMILES string of the molecule is C(CN1CCCCC1)=C1CCCc2c1cnn2-c1ccccc1.O=C(O)C(=O)O. The van der Waals surface area contributed by atoms with Gasteiger partial charge in [0.25, 0.3) is 0 Å². The zero-order valence-corrected chi connectivity index (χ0v) is 16.5. The Morgan fingerprint density at radius 3 is 2.31 bits per heavy atom. The minimum absolute atomic E-state index is 1.10. The first-order chi connectivity index (χ1) is 14.1. The highest BCUT2D eigenvalue weighted by molar-refractivity contribution is 6.27. The van der Waals surface area contributed by atoms with Crippen molar-refractivity contribution in [3.63, 3.8) is 0 Å². The van der Waals surface area contributed by atoms with Crippen molar-refractivity contribution < 1.29 is 19.8 Å². The molecule has 2 heterocycles. The molecule has 2 N–H and O–H groups in total. The largest absolute Gasteiger partial charge is 0.473 e. The summed E-state index contributed by atoms with van der Waals surface area (Å²) in [7, 11) is 0. The van der Waals surface area contributed by atoms with Gasteiger partial charge in [-0.3, -0.25) is 4.90 Å². The summed E-state index contributed by atoms with van der Waals surface area (Å²) in [5.41, 5.74) is 5.43. The number of rotatable bonds is 3. The topological polar surface area (TPSA) is 95.7 Å². The molecule has 0 unspecified atom stereocenters. The molecule has 1 aromatic carbocycles. The zero-order chi connectivity index (χ0) is 20.6. The summed E-state index contributed by atoms with van der Waals surface area (Å²) in [6, 6.07) is 10.5. The Morgan fingerprint density at radius 2 is 1.66 bits per heavy atom. The van der Waals surface area contributed by atoms with Gasteiger partial charge in [-0.1, -0.05) is 30.7 Å². The van der Waals surface area contributed by atoms with Gasteiger partial charge < -0.3 is 10.2 Å². The lowest BCUT2D eigenvalue weighted by Gasteiger charge is -2.26. The van der Waals surface area contributed by atoms with E-state index in [4.69, 9.17) is 19.8 Å². The third-order valence-corrected chi connectivity index (χ3v) is 5.30. The molecule has 2 aliphatic rings. The van der Waals surface area contributed by atoms with E-state index in [9.17, 15) is 0 Å². The van der Waals surface area contributed by atoms with Crippen LogP contribution in [0, 0.1) is 0 Å². The number of fused-ring (bicyclic) bond motifs is 1. The molecule has 0 atom stereocenters. The minimum Gasteiger partial charge on any atom is -0.473 e. The summed E-state index contributed by atoms with van der Waals surface area (Å²) in [5, 5.41) is 19.5. The number of aromatic nitrogens is 2. The first kappa shape index (κ1) is 20.8. The predicted octanol–water partition coefficient (Wildman–Crippen LogP) is 3.23. The number of carboxylic acids is 2. The molecule has 0 amide bonds. The third kappa shape index (κ3) is 5.54. The van der Waals surface area contributed by atoms with Crippen LogP contribution in [-0.4, -0.2) is 56.5 Å². The maximum atomic E-state index is 9.10. The van der Waals surface area contributed by atoms with Gasteiger partial charge in [-0.2, -0.15) is 5.10 Å². The van der Waals surface area contributed by atoms with Gasteiger partial charge in [0.15, 0.2) is 0 Å². The molecule has 7 nitrogen and oxygen atoms in total. The summed E-state index contributed by atoms with van der Waals surface area (Å²) in [6.45, 7) is 3.63. The van der Waals surface area contributed by atoms with Crippen LogP contribution >= 0.6 is 0 Å². The lowest BCUT2D eigenvalue weighted by molar-refractivity contribution is -0.159. The van der Waals surface area contributed by atoms with Gasteiger partial charge in [0, 0.05) is 12.1 Å². The molecule has 1 aliphatic carbocycles. The Balaban J connectivity index is 0.000000353. The van der Waals surface area contributed by atoms with Crippen LogP contribution in [0.25, 0.3) is 11.3 Å². The number of carbonyl (C=O) groups is 2. The Morgan fingerprint density at radius 1 is 0.966 bits per heavy atom. The number of piperidine rings is 1. The second-order valence-corrected chi connectivity index (χ2v) is 7.31. The van der Waals surface area contributed by atoms with Crippen LogP contribution in [0.3, 0.4) is 0 Å². The van der Waals surface area contributed by atoms with E-state index in [0.717, 1.165) is 13.0 Å². The normalized spacial score (nSPS) is 17.9. The molecule has 29 heavy (non-hydrogen) atoms. The van der Waals surface area contributed by atoms with Gasteiger partial charge in [-0.05, 0) is 62.9 Å². The lowest BCUT2D eigenvalue weighted by Crippen LogP contribution is -2.29. The first-order valence-electron chi connectivity index (χ1n) is 10.1. The molecule has 0 spiro atoms. The quantitative estimate of drug-likeness (QED) is 0.772. The van der Waals surface area contributed by atoms with E-state index in [1.165, 1.54) is 67.7 Å². The average molecular weight is 397 g/mol. The minimum atomic E-state index is -1.82. The second-order valence-electron chi connectivity index (χ2n) is 7.31. The summed E-state index contributed by atoms with van der Waals surface area (Å²) in [5.74, 6) is -3.65. The first-order valence-corrected chi connectivity index (χ1v) is 10.1. The molecule has 1 fully saturated rings. The smallest absolute Gasteiger partial charge is 0.414 e. The van der Waals surface area contributed by atoms with Gasteiger partial charge in [0.2, 0.25) is 0 Å². The van der Waals surface area contributed by atoms with Crippen molar-refractivity contribution in [2.75, 3.05) is 19.6 Å². The van der Waals surface area contributed by atoms with Crippen molar-refractivity contribution >= 4 is 17.5 Å². The molecule has 4 rings (SSSR count). The monoisotopic (exact) mass is 397 g/mol. The fourth-order valence-corrected chi connectivity index (χ4v) is 3.85. The highest BCUT2D eigenvalue weighted by Crippen LogP contribution is 2.32. The molecule has 154 valence electrons. The van der Waals surface area contributed by atoms with E-state index in [1.54, 1.807) is 0 Å². The Hall–Kier alpha value is -2.93. The number of likely N-dealkylation sites (tertiary alicyclic amines) is 1. The van der Waals surface area contributed by atoms with Crippen molar-refractivity contribution in [1.29, 1.82) is 0 Å². The van der Waals surface area contributed by atoms with E-state index in [1.807, 2.05) is 0 Å². The van der Waals surface area contributed by atoms with Crippen LogP contribution < -0.4 is 0 Å². The molecule has 0 bridgehead atoms. The number of para-hydroxylation sites is 1. The van der Waals surface area contributed by atoms with Crippen LogP contribution in [0.5, 0.6) is 0 Å². The number of hydrogen-bond acceptors (Lipinski definition) is 4. The van der Waals surface area contributed by atoms with Gasteiger partial charge in [0.1, 0.15) is 0 Å². The molecule has 1 aromatic heterocycles. The number of carboxylic acid groups (broad SMARTS) is 2. The van der Waals surface area contributed by atoms with Crippen molar-refractivity contribution in [1.82, 2.24) is 14.7 Å². The van der Waals surface area contributed by atoms with Crippen LogP contribution in [0.15, 0.2) is 42.6 Å². The summed E-state index contributed by atoms with van der Waals surface area (Å²) in [4.78, 5) is 20.8. The fraction of sp³-hybridized carbons (Fsp3) is 0.409. The van der Waals surface area contributed by atoms with E-state index in [2.05, 4.69) is 57.3 Å². The van der Waals surface area contributed by atoms with Crippen molar-refractivity contribution in [3.8, 4) is 5.69 Å². The summed E-state index contributed by atoms with van der Waals surface area (Å²) >= 11 is 0. The Bertz CT molecular complexity index is 855. The maximum absolute atomic E-state index is 9.10. The van der Waals surface area contributed by atoms with Gasteiger partial charge in [-0.25, -0.2) is 14.3 Å². The standard InChI is InChI=1S/C20H25N3.C2H2O4/c1-3-9-18(10-4-1)23-20-11-7-8-17(19(20)16-21-23)12-15-22-13-5-2-6-14-22;3-1(4)2(5)6/h1,3-4,9-10,12,16H,2,5-8,11,13-15H2;(H,3,4)(H,5,6). The van der Waals surface area contributed by atoms with E-state index in [-0.39, 0.29) is 0 Å². The zero-order valence-electron chi connectivity index (χ0n) is 16.5. The van der Waals surface area contributed by atoms with Gasteiger partial charge >= 0.3 is 11.9 Å².